The zero-order valence-electron chi connectivity index (χ0n) is 10.0. The molecule has 2 N–H and O–H groups in total. The van der Waals surface area contributed by atoms with E-state index in [0.717, 1.165) is 16.1 Å². The summed E-state index contributed by atoms with van der Waals surface area (Å²) in [5, 5.41) is 6.15. The van der Waals surface area contributed by atoms with Crippen molar-refractivity contribution in [1.82, 2.24) is 9.78 Å². The lowest BCUT2D eigenvalue weighted by Crippen LogP contribution is -2.22. The zero-order chi connectivity index (χ0) is 13.0. The molecule has 4 nitrogen and oxygen atoms in total. The second-order valence-corrected chi connectivity index (χ2v) is 4.77. The van der Waals surface area contributed by atoms with Crippen LogP contribution in [0.25, 0.3) is 0 Å². The summed E-state index contributed by atoms with van der Waals surface area (Å²) in [5.41, 5.74) is 6.98. The molecule has 2 aromatic rings. The Kier molecular flexibility index (Phi) is 3.92. The fourth-order valence-corrected chi connectivity index (χ4v) is 2.29. The Morgan fingerprint density at radius 2 is 2.33 bits per heavy atom. The van der Waals surface area contributed by atoms with E-state index in [1.54, 1.807) is 17.4 Å². The van der Waals surface area contributed by atoms with E-state index in [4.69, 9.17) is 5.73 Å². The van der Waals surface area contributed by atoms with Crippen LogP contribution in [-0.4, -0.2) is 16.3 Å². The number of thiophene rings is 1. The Balaban J connectivity index is 2.21. The van der Waals surface area contributed by atoms with Crippen molar-refractivity contribution in [3.05, 3.63) is 50.1 Å². The molecule has 0 bridgehead atoms. The minimum atomic E-state index is -0.0939. The summed E-state index contributed by atoms with van der Waals surface area (Å²) < 4.78 is 1.46. The van der Waals surface area contributed by atoms with E-state index in [1.165, 1.54) is 10.7 Å². The fourth-order valence-electron chi connectivity index (χ4n) is 1.49. The van der Waals surface area contributed by atoms with Crippen LogP contribution in [0.3, 0.4) is 0 Å². The molecule has 0 aromatic carbocycles. The number of hydrogen-bond donors (Lipinski definition) is 1. The molecule has 0 saturated carbocycles. The molecule has 0 aliphatic heterocycles. The molecule has 0 radical (unpaired) electrons. The molecule has 2 heterocycles. The number of rotatable bonds is 2. The van der Waals surface area contributed by atoms with Gasteiger partial charge in [0.2, 0.25) is 0 Å². The molecule has 5 heteroatoms. The van der Waals surface area contributed by atoms with Crippen molar-refractivity contribution in [3.8, 4) is 11.8 Å². The summed E-state index contributed by atoms with van der Waals surface area (Å²) >= 11 is 1.57. The maximum atomic E-state index is 11.6. The predicted molar refractivity (Wildman–Crippen MR) is 72.6 cm³/mol. The van der Waals surface area contributed by atoms with Gasteiger partial charge in [-0.05, 0) is 19.1 Å². The van der Waals surface area contributed by atoms with Crippen LogP contribution in [0.1, 0.15) is 16.1 Å². The fraction of sp³-hybridized carbons (Fsp3) is 0.231. The van der Waals surface area contributed by atoms with Gasteiger partial charge >= 0.3 is 0 Å². The van der Waals surface area contributed by atoms with Crippen molar-refractivity contribution in [2.24, 2.45) is 5.73 Å². The molecular weight excluding hydrogens is 246 g/mol. The molecule has 0 fully saturated rings. The Morgan fingerprint density at radius 3 is 3.11 bits per heavy atom. The molecular formula is C13H13N3OS. The highest BCUT2D eigenvalue weighted by Gasteiger charge is 2.02. The summed E-state index contributed by atoms with van der Waals surface area (Å²) in [6.45, 7) is 2.70. The summed E-state index contributed by atoms with van der Waals surface area (Å²) in [4.78, 5) is 12.7. The van der Waals surface area contributed by atoms with Gasteiger partial charge in [0.1, 0.15) is 0 Å². The summed E-state index contributed by atoms with van der Waals surface area (Å²) in [5.74, 6) is 5.77. The second-order valence-electron chi connectivity index (χ2n) is 3.78. The molecule has 0 saturated heterocycles. The van der Waals surface area contributed by atoms with E-state index >= 15 is 0 Å². The van der Waals surface area contributed by atoms with Gasteiger partial charge in [-0.25, -0.2) is 4.68 Å². The van der Waals surface area contributed by atoms with Crippen molar-refractivity contribution < 1.29 is 0 Å². The highest BCUT2D eigenvalue weighted by atomic mass is 32.1. The van der Waals surface area contributed by atoms with Crippen molar-refractivity contribution in [2.45, 2.75) is 13.5 Å². The average molecular weight is 259 g/mol. The normalized spacial score (nSPS) is 9.89. The molecule has 0 unspecified atom stereocenters. The maximum Gasteiger partial charge on any atom is 0.267 e. The van der Waals surface area contributed by atoms with E-state index in [9.17, 15) is 4.79 Å². The first-order valence-electron chi connectivity index (χ1n) is 5.50. The predicted octanol–water partition coefficient (Wildman–Crippen LogP) is 0.972. The zero-order valence-corrected chi connectivity index (χ0v) is 10.8. The minimum absolute atomic E-state index is 0.0939. The first-order valence-corrected chi connectivity index (χ1v) is 6.38. The highest BCUT2D eigenvalue weighted by molar-refractivity contribution is 7.10. The SMILES string of the molecule is Cc1ccc(=O)n(Cc2cc(C#CCN)cs2)n1. The van der Waals surface area contributed by atoms with Crippen LogP contribution < -0.4 is 11.3 Å². The lowest BCUT2D eigenvalue weighted by atomic mass is 10.3. The third kappa shape index (κ3) is 3.06. The van der Waals surface area contributed by atoms with Gasteiger partial charge in [-0.15, -0.1) is 11.3 Å². The minimum Gasteiger partial charge on any atom is -0.320 e. The first kappa shape index (κ1) is 12.6. The number of aromatic nitrogens is 2. The van der Waals surface area contributed by atoms with E-state index in [0.29, 0.717) is 13.1 Å². The molecule has 92 valence electrons. The third-order valence-corrected chi connectivity index (χ3v) is 3.22. The van der Waals surface area contributed by atoms with Crippen molar-refractivity contribution in [3.63, 3.8) is 0 Å². The van der Waals surface area contributed by atoms with Gasteiger partial charge in [-0.2, -0.15) is 5.10 Å². The van der Waals surface area contributed by atoms with E-state index in [-0.39, 0.29) is 5.56 Å². The Labute approximate surface area is 109 Å². The second kappa shape index (κ2) is 5.63. The van der Waals surface area contributed by atoms with Crippen LogP contribution in [0.5, 0.6) is 0 Å². The van der Waals surface area contributed by atoms with Crippen LogP contribution in [0.4, 0.5) is 0 Å². The van der Waals surface area contributed by atoms with E-state index < -0.39 is 0 Å². The summed E-state index contributed by atoms with van der Waals surface area (Å²) in [7, 11) is 0. The molecule has 2 aromatic heterocycles. The smallest absolute Gasteiger partial charge is 0.267 e. The van der Waals surface area contributed by atoms with E-state index in [1.807, 2.05) is 18.4 Å². The molecule has 0 atom stereocenters. The van der Waals surface area contributed by atoms with Crippen LogP contribution in [0, 0.1) is 18.8 Å². The number of aryl methyl sites for hydroxylation is 1. The van der Waals surface area contributed by atoms with Gasteiger partial charge in [0.15, 0.2) is 0 Å². The number of nitrogens with two attached hydrogens (primary N) is 1. The standard InChI is InChI=1S/C13H13N3OS/c1-10-4-5-13(17)16(15-10)8-12-7-11(9-18-12)3-2-6-14/h4-5,7,9H,6,8,14H2,1H3. The quantitative estimate of drug-likeness (QED) is 0.818. The molecule has 0 spiro atoms. The average Bonchev–Trinajstić information content (AvgIpc) is 2.79. The molecule has 2 rings (SSSR count). The van der Waals surface area contributed by atoms with Crippen LogP contribution in [0.15, 0.2) is 28.4 Å². The summed E-state index contributed by atoms with van der Waals surface area (Å²) in [6.07, 6.45) is 0. The Bertz CT molecular complexity index is 661. The third-order valence-electron chi connectivity index (χ3n) is 2.29. The van der Waals surface area contributed by atoms with Gasteiger partial charge in [0.25, 0.3) is 5.56 Å². The Hall–Kier alpha value is -1.90. The van der Waals surface area contributed by atoms with Crippen molar-refractivity contribution >= 4 is 11.3 Å². The lowest BCUT2D eigenvalue weighted by molar-refractivity contribution is 0.634. The van der Waals surface area contributed by atoms with Gasteiger partial charge < -0.3 is 5.73 Å². The van der Waals surface area contributed by atoms with Gasteiger partial charge in [0.05, 0.1) is 18.8 Å². The number of nitrogens with zero attached hydrogens (tertiary/aromatic N) is 2. The highest BCUT2D eigenvalue weighted by Crippen LogP contribution is 2.14. The Morgan fingerprint density at radius 1 is 1.50 bits per heavy atom. The molecule has 0 amide bonds. The van der Waals surface area contributed by atoms with Crippen molar-refractivity contribution in [2.75, 3.05) is 6.54 Å². The maximum absolute atomic E-state index is 11.6. The first-order chi connectivity index (χ1) is 8.69. The van der Waals surface area contributed by atoms with Crippen LogP contribution >= 0.6 is 11.3 Å². The largest absolute Gasteiger partial charge is 0.320 e. The van der Waals surface area contributed by atoms with Crippen LogP contribution in [0.2, 0.25) is 0 Å². The lowest BCUT2D eigenvalue weighted by Gasteiger charge is -2.02. The number of hydrogen-bond acceptors (Lipinski definition) is 4. The monoisotopic (exact) mass is 259 g/mol. The van der Waals surface area contributed by atoms with Crippen molar-refractivity contribution in [1.29, 1.82) is 0 Å². The molecule has 18 heavy (non-hydrogen) atoms. The van der Waals surface area contributed by atoms with Gasteiger partial charge in [0, 0.05) is 21.9 Å². The van der Waals surface area contributed by atoms with Crippen LogP contribution in [-0.2, 0) is 6.54 Å². The molecule has 0 aliphatic rings. The molecule has 0 aliphatic carbocycles. The summed E-state index contributed by atoms with van der Waals surface area (Å²) in [6, 6.07) is 5.21. The topological polar surface area (TPSA) is 60.9 Å². The van der Waals surface area contributed by atoms with E-state index in [2.05, 4.69) is 16.9 Å². The van der Waals surface area contributed by atoms with Gasteiger partial charge in [-0.1, -0.05) is 11.8 Å². The van der Waals surface area contributed by atoms with Gasteiger partial charge in [-0.3, -0.25) is 4.79 Å².